The smallest absolute Gasteiger partial charge is 0.242 e. The fourth-order valence-corrected chi connectivity index (χ4v) is 3.32. The molecule has 6 heteroatoms. The molecule has 1 saturated heterocycles. The Hall–Kier alpha value is -3.15. The standard InChI is InChI=1S/C21H21N3O3/c1-15-6-8-16(9-7-15)13-23-10-11-24(14-21(23)26)20(25)12-18-17-4-2-3-5-19(17)27-22-18/h2-9H,10-14H2,1H3. The number of fused-ring (bicyclic) bond motifs is 1. The molecule has 0 saturated carbocycles. The summed E-state index contributed by atoms with van der Waals surface area (Å²) in [4.78, 5) is 28.5. The number of carbonyl (C=O) groups is 2. The number of rotatable bonds is 4. The maximum absolute atomic E-state index is 12.6. The molecule has 0 spiro atoms. The van der Waals surface area contributed by atoms with E-state index in [2.05, 4.69) is 5.16 Å². The van der Waals surface area contributed by atoms with Crippen molar-refractivity contribution in [2.24, 2.45) is 0 Å². The highest BCUT2D eigenvalue weighted by molar-refractivity contribution is 5.89. The van der Waals surface area contributed by atoms with E-state index < -0.39 is 0 Å². The Bertz CT molecular complexity index is 978. The Morgan fingerprint density at radius 3 is 2.67 bits per heavy atom. The minimum atomic E-state index is -0.0996. The Labute approximate surface area is 157 Å². The summed E-state index contributed by atoms with van der Waals surface area (Å²) >= 11 is 0. The molecule has 2 amide bonds. The number of piperazine rings is 1. The summed E-state index contributed by atoms with van der Waals surface area (Å²) in [7, 11) is 0. The van der Waals surface area contributed by atoms with Gasteiger partial charge in [-0.05, 0) is 24.6 Å². The van der Waals surface area contributed by atoms with Gasteiger partial charge >= 0.3 is 0 Å². The van der Waals surface area contributed by atoms with E-state index in [-0.39, 0.29) is 24.8 Å². The van der Waals surface area contributed by atoms with Crippen LogP contribution in [0.4, 0.5) is 0 Å². The lowest BCUT2D eigenvalue weighted by atomic mass is 10.1. The van der Waals surface area contributed by atoms with E-state index in [0.717, 1.165) is 10.9 Å². The Kier molecular flexibility index (Phi) is 4.62. The Balaban J connectivity index is 1.38. The van der Waals surface area contributed by atoms with Crippen molar-refractivity contribution in [1.29, 1.82) is 0 Å². The fraction of sp³-hybridized carbons (Fsp3) is 0.286. The third kappa shape index (κ3) is 3.69. The quantitative estimate of drug-likeness (QED) is 0.714. The molecule has 1 aliphatic heterocycles. The lowest BCUT2D eigenvalue weighted by Crippen LogP contribution is -2.52. The third-order valence-corrected chi connectivity index (χ3v) is 4.94. The zero-order valence-corrected chi connectivity index (χ0v) is 15.2. The van der Waals surface area contributed by atoms with Crippen LogP contribution in [0.1, 0.15) is 16.8 Å². The van der Waals surface area contributed by atoms with Crippen LogP contribution in [0.3, 0.4) is 0 Å². The number of hydrogen-bond acceptors (Lipinski definition) is 4. The molecule has 1 aliphatic rings. The first-order chi connectivity index (χ1) is 13.1. The summed E-state index contributed by atoms with van der Waals surface area (Å²) < 4.78 is 5.25. The fourth-order valence-electron chi connectivity index (χ4n) is 3.32. The van der Waals surface area contributed by atoms with Gasteiger partial charge in [0.05, 0.1) is 13.0 Å². The van der Waals surface area contributed by atoms with Gasteiger partial charge in [-0.15, -0.1) is 0 Å². The van der Waals surface area contributed by atoms with Crippen LogP contribution in [0.25, 0.3) is 11.0 Å². The number of aryl methyl sites for hydroxylation is 1. The molecule has 4 rings (SSSR count). The normalized spacial score (nSPS) is 14.8. The number of hydrogen-bond donors (Lipinski definition) is 0. The second-order valence-corrected chi connectivity index (χ2v) is 6.92. The number of benzene rings is 2. The van der Waals surface area contributed by atoms with Gasteiger partial charge < -0.3 is 14.3 Å². The second kappa shape index (κ2) is 7.23. The maximum atomic E-state index is 12.6. The van der Waals surface area contributed by atoms with Gasteiger partial charge in [-0.25, -0.2) is 0 Å². The average molecular weight is 363 g/mol. The summed E-state index contributed by atoms with van der Waals surface area (Å²) in [5, 5.41) is 4.85. The molecule has 1 fully saturated rings. The largest absolute Gasteiger partial charge is 0.356 e. The Morgan fingerprint density at radius 1 is 1.11 bits per heavy atom. The summed E-state index contributed by atoms with van der Waals surface area (Å²) in [5.74, 6) is -0.127. The SMILES string of the molecule is Cc1ccc(CN2CCN(C(=O)Cc3noc4ccccc34)CC2=O)cc1. The third-order valence-electron chi connectivity index (χ3n) is 4.94. The first kappa shape index (κ1) is 17.3. The van der Waals surface area contributed by atoms with Gasteiger partial charge in [0.1, 0.15) is 5.69 Å². The van der Waals surface area contributed by atoms with Crippen molar-refractivity contribution >= 4 is 22.8 Å². The van der Waals surface area contributed by atoms with Crippen LogP contribution in [0, 0.1) is 6.92 Å². The zero-order valence-electron chi connectivity index (χ0n) is 15.2. The molecule has 1 aromatic heterocycles. The average Bonchev–Trinajstić information content (AvgIpc) is 3.08. The molecule has 0 N–H and O–H groups in total. The van der Waals surface area contributed by atoms with E-state index in [4.69, 9.17) is 4.52 Å². The summed E-state index contributed by atoms with van der Waals surface area (Å²) in [6.07, 6.45) is 0.141. The summed E-state index contributed by atoms with van der Waals surface area (Å²) in [6, 6.07) is 15.6. The van der Waals surface area contributed by atoms with Crippen molar-refractivity contribution in [1.82, 2.24) is 15.0 Å². The number of para-hydroxylation sites is 1. The number of aromatic nitrogens is 1. The molecule has 27 heavy (non-hydrogen) atoms. The van der Waals surface area contributed by atoms with Crippen molar-refractivity contribution < 1.29 is 14.1 Å². The van der Waals surface area contributed by atoms with Crippen LogP contribution < -0.4 is 0 Å². The highest BCUT2D eigenvalue weighted by atomic mass is 16.5. The molecule has 6 nitrogen and oxygen atoms in total. The zero-order chi connectivity index (χ0) is 18.8. The van der Waals surface area contributed by atoms with Crippen LogP contribution in [0.15, 0.2) is 53.1 Å². The topological polar surface area (TPSA) is 66.7 Å². The van der Waals surface area contributed by atoms with Crippen molar-refractivity contribution in [2.45, 2.75) is 19.9 Å². The minimum Gasteiger partial charge on any atom is -0.356 e. The van der Waals surface area contributed by atoms with Gasteiger partial charge in [-0.2, -0.15) is 0 Å². The molecule has 0 bridgehead atoms. The second-order valence-electron chi connectivity index (χ2n) is 6.92. The number of nitrogens with zero attached hydrogens (tertiary/aromatic N) is 3. The van der Waals surface area contributed by atoms with Crippen LogP contribution in [-0.2, 0) is 22.6 Å². The minimum absolute atomic E-state index is 0.0276. The van der Waals surface area contributed by atoms with Gasteiger partial charge in [-0.3, -0.25) is 9.59 Å². The molecular formula is C21H21N3O3. The van der Waals surface area contributed by atoms with Crippen molar-refractivity contribution in [3.05, 3.63) is 65.4 Å². The molecule has 0 aliphatic carbocycles. The lowest BCUT2D eigenvalue weighted by Gasteiger charge is -2.34. The van der Waals surface area contributed by atoms with Gasteiger partial charge in [0.2, 0.25) is 11.8 Å². The summed E-state index contributed by atoms with van der Waals surface area (Å²) in [6.45, 7) is 3.80. The van der Waals surface area contributed by atoms with Crippen molar-refractivity contribution in [3.63, 3.8) is 0 Å². The van der Waals surface area contributed by atoms with Gasteiger partial charge in [-0.1, -0.05) is 47.1 Å². The molecule has 2 heterocycles. The molecule has 2 aromatic carbocycles. The van der Waals surface area contributed by atoms with E-state index in [1.165, 1.54) is 5.56 Å². The van der Waals surface area contributed by atoms with Crippen LogP contribution in [-0.4, -0.2) is 46.4 Å². The first-order valence-electron chi connectivity index (χ1n) is 9.04. The van der Waals surface area contributed by atoms with Crippen molar-refractivity contribution in [2.75, 3.05) is 19.6 Å². The highest BCUT2D eigenvalue weighted by Crippen LogP contribution is 2.19. The van der Waals surface area contributed by atoms with Crippen LogP contribution in [0.2, 0.25) is 0 Å². The molecule has 0 unspecified atom stereocenters. The van der Waals surface area contributed by atoms with E-state index in [1.54, 1.807) is 9.80 Å². The molecule has 3 aromatic rings. The predicted octanol–water partition coefficient (Wildman–Crippen LogP) is 2.55. The number of amides is 2. The number of carbonyl (C=O) groups excluding carboxylic acids is 2. The molecule has 0 radical (unpaired) electrons. The van der Waals surface area contributed by atoms with E-state index in [0.29, 0.717) is 30.9 Å². The molecule has 0 atom stereocenters. The van der Waals surface area contributed by atoms with Gasteiger partial charge in [0.25, 0.3) is 0 Å². The van der Waals surface area contributed by atoms with E-state index in [9.17, 15) is 9.59 Å². The lowest BCUT2D eigenvalue weighted by molar-refractivity contribution is -0.145. The van der Waals surface area contributed by atoms with Gasteiger partial charge in [0.15, 0.2) is 5.58 Å². The Morgan fingerprint density at radius 2 is 1.89 bits per heavy atom. The van der Waals surface area contributed by atoms with Crippen LogP contribution in [0.5, 0.6) is 0 Å². The van der Waals surface area contributed by atoms with Gasteiger partial charge in [0, 0.05) is 25.0 Å². The molecular weight excluding hydrogens is 342 g/mol. The van der Waals surface area contributed by atoms with E-state index in [1.807, 2.05) is 55.5 Å². The monoisotopic (exact) mass is 363 g/mol. The predicted molar refractivity (Wildman–Crippen MR) is 101 cm³/mol. The summed E-state index contributed by atoms with van der Waals surface area (Å²) in [5.41, 5.74) is 3.58. The maximum Gasteiger partial charge on any atom is 0.242 e. The molecule has 138 valence electrons. The highest BCUT2D eigenvalue weighted by Gasteiger charge is 2.28. The van der Waals surface area contributed by atoms with Crippen LogP contribution >= 0.6 is 0 Å². The van der Waals surface area contributed by atoms with E-state index >= 15 is 0 Å². The first-order valence-corrected chi connectivity index (χ1v) is 9.04. The van der Waals surface area contributed by atoms with Crippen molar-refractivity contribution in [3.8, 4) is 0 Å².